The molecule has 2 aromatic rings. The Balaban J connectivity index is 1.54. The number of nitrogens with one attached hydrogen (secondary N) is 1. The van der Waals surface area contributed by atoms with Crippen LogP contribution in [0.25, 0.3) is 0 Å². The second kappa shape index (κ2) is 8.86. The molecule has 0 saturated carbocycles. The fourth-order valence-electron chi connectivity index (χ4n) is 3.34. The molecule has 8 heteroatoms. The summed E-state index contributed by atoms with van der Waals surface area (Å²) in [5, 5.41) is 2.12. The fourth-order valence-corrected chi connectivity index (χ4v) is 3.56. The second-order valence-corrected chi connectivity index (χ2v) is 7.41. The zero-order chi connectivity index (χ0) is 21.0. The maximum atomic E-state index is 13.0. The van der Waals surface area contributed by atoms with Gasteiger partial charge in [0.1, 0.15) is 0 Å². The van der Waals surface area contributed by atoms with Gasteiger partial charge in [0.25, 0.3) is 0 Å². The SMILES string of the molecule is O=C(Nc1ccc(Cl)c(C(F)(F)F)c1)C1CCN(C(=O)Cc2ccccc2)CC1. The van der Waals surface area contributed by atoms with Crippen molar-refractivity contribution in [2.24, 2.45) is 5.92 Å². The van der Waals surface area contributed by atoms with Crippen molar-refractivity contribution in [2.75, 3.05) is 18.4 Å². The van der Waals surface area contributed by atoms with E-state index >= 15 is 0 Å². The third-order valence-corrected chi connectivity index (χ3v) is 5.29. The first-order valence-electron chi connectivity index (χ1n) is 9.23. The van der Waals surface area contributed by atoms with Crippen LogP contribution in [0, 0.1) is 5.92 Å². The van der Waals surface area contributed by atoms with Crippen molar-refractivity contribution in [1.82, 2.24) is 4.90 Å². The van der Waals surface area contributed by atoms with Gasteiger partial charge in [0.15, 0.2) is 0 Å². The Morgan fingerprint density at radius 3 is 2.34 bits per heavy atom. The topological polar surface area (TPSA) is 49.4 Å². The van der Waals surface area contributed by atoms with Gasteiger partial charge in [-0.05, 0) is 36.6 Å². The summed E-state index contributed by atoms with van der Waals surface area (Å²) in [4.78, 5) is 26.6. The zero-order valence-corrected chi connectivity index (χ0v) is 16.3. The molecule has 0 spiro atoms. The molecule has 154 valence electrons. The van der Waals surface area contributed by atoms with Crippen molar-refractivity contribution in [3.63, 3.8) is 0 Å². The summed E-state index contributed by atoms with van der Waals surface area (Å²) in [5.74, 6) is -0.709. The van der Waals surface area contributed by atoms with E-state index in [0.29, 0.717) is 32.4 Å². The van der Waals surface area contributed by atoms with Gasteiger partial charge in [-0.15, -0.1) is 0 Å². The Bertz CT molecular complexity index is 879. The van der Waals surface area contributed by atoms with E-state index in [2.05, 4.69) is 5.32 Å². The number of hydrogen-bond acceptors (Lipinski definition) is 2. The van der Waals surface area contributed by atoms with Crippen molar-refractivity contribution in [3.05, 3.63) is 64.7 Å². The number of amides is 2. The summed E-state index contributed by atoms with van der Waals surface area (Å²) in [5.41, 5.74) is -0.00632. The average Bonchev–Trinajstić information content (AvgIpc) is 2.69. The Morgan fingerprint density at radius 1 is 1.07 bits per heavy atom. The summed E-state index contributed by atoms with van der Waals surface area (Å²) in [6, 6.07) is 12.7. The molecule has 0 unspecified atom stereocenters. The van der Waals surface area contributed by atoms with Crippen LogP contribution in [0.2, 0.25) is 5.02 Å². The summed E-state index contributed by atoms with van der Waals surface area (Å²) in [6.45, 7) is 0.885. The molecule has 1 heterocycles. The van der Waals surface area contributed by atoms with E-state index in [4.69, 9.17) is 11.6 Å². The van der Waals surface area contributed by atoms with E-state index in [9.17, 15) is 22.8 Å². The van der Waals surface area contributed by atoms with Crippen LogP contribution in [0.5, 0.6) is 0 Å². The lowest BCUT2D eigenvalue weighted by Gasteiger charge is -2.31. The number of carbonyl (C=O) groups excluding carboxylic acids is 2. The number of alkyl halides is 3. The lowest BCUT2D eigenvalue weighted by atomic mass is 9.95. The monoisotopic (exact) mass is 424 g/mol. The Morgan fingerprint density at radius 2 is 1.72 bits per heavy atom. The molecule has 0 bridgehead atoms. The quantitative estimate of drug-likeness (QED) is 0.768. The molecule has 4 nitrogen and oxygen atoms in total. The van der Waals surface area contributed by atoms with Crippen LogP contribution >= 0.6 is 11.6 Å². The van der Waals surface area contributed by atoms with E-state index in [1.165, 1.54) is 6.07 Å². The molecule has 1 fully saturated rings. The number of nitrogens with zero attached hydrogens (tertiary/aromatic N) is 1. The molecule has 1 aliphatic rings. The van der Waals surface area contributed by atoms with Crippen LogP contribution < -0.4 is 5.32 Å². The van der Waals surface area contributed by atoms with Gasteiger partial charge >= 0.3 is 6.18 Å². The van der Waals surface area contributed by atoms with Crippen molar-refractivity contribution in [1.29, 1.82) is 0 Å². The number of halogens is 4. The number of anilines is 1. The second-order valence-electron chi connectivity index (χ2n) is 7.00. The highest BCUT2D eigenvalue weighted by Crippen LogP contribution is 2.36. The number of hydrogen-bond donors (Lipinski definition) is 1. The van der Waals surface area contributed by atoms with Gasteiger partial charge in [0, 0.05) is 24.7 Å². The zero-order valence-electron chi connectivity index (χ0n) is 15.5. The Kier molecular flexibility index (Phi) is 6.47. The highest BCUT2D eigenvalue weighted by molar-refractivity contribution is 6.31. The van der Waals surface area contributed by atoms with Gasteiger partial charge in [-0.3, -0.25) is 9.59 Å². The molecule has 0 aromatic heterocycles. The van der Waals surface area contributed by atoms with Crippen molar-refractivity contribution in [3.8, 4) is 0 Å². The smallest absolute Gasteiger partial charge is 0.342 e. The van der Waals surface area contributed by atoms with Gasteiger partial charge in [0.2, 0.25) is 11.8 Å². The Hall–Kier alpha value is -2.54. The summed E-state index contributed by atoms with van der Waals surface area (Å²) < 4.78 is 38.9. The van der Waals surface area contributed by atoms with Gasteiger partial charge in [-0.1, -0.05) is 41.9 Å². The average molecular weight is 425 g/mol. The lowest BCUT2D eigenvalue weighted by Crippen LogP contribution is -2.42. The van der Waals surface area contributed by atoms with Crippen molar-refractivity contribution >= 4 is 29.1 Å². The number of benzene rings is 2. The normalized spacial score (nSPS) is 15.2. The molecular weight excluding hydrogens is 405 g/mol. The van der Waals surface area contributed by atoms with Crippen LogP contribution in [0.3, 0.4) is 0 Å². The summed E-state index contributed by atoms with van der Waals surface area (Å²) in [6.07, 6.45) is -3.36. The lowest BCUT2D eigenvalue weighted by molar-refractivity contribution is -0.137. The first-order valence-corrected chi connectivity index (χ1v) is 9.61. The van der Waals surface area contributed by atoms with Crippen LogP contribution in [0.4, 0.5) is 18.9 Å². The molecule has 2 amide bonds. The standard InChI is InChI=1S/C21H20ClF3N2O2/c22-18-7-6-16(13-17(18)21(23,24)25)26-20(29)15-8-10-27(11-9-15)19(28)12-14-4-2-1-3-5-14/h1-7,13,15H,8-12H2,(H,26,29). The van der Waals surface area contributed by atoms with Crippen LogP contribution in [-0.4, -0.2) is 29.8 Å². The molecule has 0 radical (unpaired) electrons. The third-order valence-electron chi connectivity index (χ3n) is 4.96. The molecule has 2 aromatic carbocycles. The van der Waals surface area contributed by atoms with Crippen molar-refractivity contribution in [2.45, 2.75) is 25.4 Å². The highest BCUT2D eigenvalue weighted by Gasteiger charge is 2.34. The number of carbonyl (C=O) groups is 2. The number of rotatable bonds is 4. The summed E-state index contributed by atoms with van der Waals surface area (Å²) >= 11 is 5.60. The minimum Gasteiger partial charge on any atom is -0.342 e. The fraction of sp³-hybridized carbons (Fsp3) is 0.333. The van der Waals surface area contributed by atoms with E-state index in [0.717, 1.165) is 17.7 Å². The first-order chi connectivity index (χ1) is 13.7. The minimum atomic E-state index is -4.59. The first kappa shape index (κ1) is 21.2. The largest absolute Gasteiger partial charge is 0.417 e. The maximum Gasteiger partial charge on any atom is 0.417 e. The number of likely N-dealkylation sites (tertiary alicyclic amines) is 1. The summed E-state index contributed by atoms with van der Waals surface area (Å²) in [7, 11) is 0. The predicted octanol–water partition coefficient (Wildman–Crippen LogP) is 4.78. The Labute approximate surface area is 171 Å². The maximum absolute atomic E-state index is 13.0. The minimum absolute atomic E-state index is 0.00239. The van der Waals surface area contributed by atoms with Gasteiger partial charge in [0.05, 0.1) is 17.0 Å². The molecule has 0 aliphatic carbocycles. The van der Waals surface area contributed by atoms with Crippen molar-refractivity contribution < 1.29 is 22.8 Å². The molecule has 1 aliphatic heterocycles. The van der Waals surface area contributed by atoms with E-state index < -0.39 is 16.8 Å². The molecule has 1 N–H and O–H groups in total. The third kappa shape index (κ3) is 5.50. The highest BCUT2D eigenvalue weighted by atomic mass is 35.5. The van der Waals surface area contributed by atoms with Crippen LogP contribution in [0.15, 0.2) is 48.5 Å². The van der Waals surface area contributed by atoms with E-state index in [1.807, 2.05) is 30.3 Å². The molecular formula is C21H20ClF3N2O2. The molecule has 3 rings (SSSR count). The molecule has 29 heavy (non-hydrogen) atoms. The van der Waals surface area contributed by atoms with Gasteiger partial charge < -0.3 is 10.2 Å². The van der Waals surface area contributed by atoms with E-state index in [1.54, 1.807) is 4.90 Å². The van der Waals surface area contributed by atoms with E-state index in [-0.39, 0.29) is 23.4 Å². The number of piperidine rings is 1. The molecule has 0 atom stereocenters. The van der Waals surface area contributed by atoms with Crippen LogP contribution in [-0.2, 0) is 22.2 Å². The molecule has 1 saturated heterocycles. The predicted molar refractivity (Wildman–Crippen MR) is 105 cm³/mol. The van der Waals surface area contributed by atoms with Gasteiger partial charge in [-0.2, -0.15) is 13.2 Å². The van der Waals surface area contributed by atoms with Crippen LogP contribution in [0.1, 0.15) is 24.0 Å². The van der Waals surface area contributed by atoms with Gasteiger partial charge in [-0.25, -0.2) is 0 Å².